The number of ether oxygens (including phenoxy) is 1. The van der Waals surface area contributed by atoms with Gasteiger partial charge < -0.3 is 15.2 Å². The van der Waals surface area contributed by atoms with Gasteiger partial charge in [0.1, 0.15) is 11.5 Å². The molecular weight excluding hydrogens is 345 g/mol. The molecular formula is C19H21F3N2O2. The molecule has 0 spiro atoms. The van der Waals surface area contributed by atoms with Crippen LogP contribution in [0.2, 0.25) is 0 Å². The van der Waals surface area contributed by atoms with Crippen LogP contribution >= 0.6 is 0 Å². The van der Waals surface area contributed by atoms with Gasteiger partial charge in [0, 0.05) is 31.7 Å². The summed E-state index contributed by atoms with van der Waals surface area (Å²) >= 11 is 0. The Morgan fingerprint density at radius 1 is 1.08 bits per heavy atom. The minimum Gasteiger partial charge on any atom is -0.507 e. The van der Waals surface area contributed by atoms with Crippen molar-refractivity contribution in [2.75, 3.05) is 26.2 Å². The third-order valence-corrected chi connectivity index (χ3v) is 4.51. The molecule has 0 unspecified atom stereocenters. The van der Waals surface area contributed by atoms with E-state index < -0.39 is 6.36 Å². The van der Waals surface area contributed by atoms with Crippen LogP contribution in [0.5, 0.6) is 11.5 Å². The van der Waals surface area contributed by atoms with Crippen LogP contribution in [0.1, 0.15) is 22.7 Å². The van der Waals surface area contributed by atoms with E-state index in [2.05, 4.69) is 15.0 Å². The van der Waals surface area contributed by atoms with Crippen LogP contribution in [0.15, 0.2) is 42.5 Å². The van der Waals surface area contributed by atoms with Crippen LogP contribution < -0.4 is 10.1 Å². The zero-order valence-electron chi connectivity index (χ0n) is 14.4. The van der Waals surface area contributed by atoms with Crippen LogP contribution in [-0.4, -0.2) is 42.5 Å². The second-order valence-electron chi connectivity index (χ2n) is 6.32. The lowest BCUT2D eigenvalue weighted by molar-refractivity contribution is -0.274. The quantitative estimate of drug-likeness (QED) is 0.868. The molecule has 4 nitrogen and oxygen atoms in total. The largest absolute Gasteiger partial charge is 0.573 e. The van der Waals surface area contributed by atoms with Crippen molar-refractivity contribution in [1.82, 2.24) is 10.2 Å². The Balaban J connectivity index is 1.96. The van der Waals surface area contributed by atoms with Gasteiger partial charge in [-0.15, -0.1) is 13.2 Å². The van der Waals surface area contributed by atoms with Gasteiger partial charge in [-0.2, -0.15) is 0 Å². The molecule has 1 atom stereocenters. The Kier molecular flexibility index (Phi) is 5.38. The molecule has 140 valence electrons. The van der Waals surface area contributed by atoms with Gasteiger partial charge in [0.2, 0.25) is 0 Å². The van der Waals surface area contributed by atoms with Crippen molar-refractivity contribution >= 4 is 0 Å². The Morgan fingerprint density at radius 2 is 1.73 bits per heavy atom. The number of para-hydroxylation sites is 1. The Bertz CT molecular complexity index is 741. The van der Waals surface area contributed by atoms with Crippen molar-refractivity contribution in [3.05, 3.63) is 59.2 Å². The fraction of sp³-hybridized carbons (Fsp3) is 0.368. The first-order chi connectivity index (χ1) is 12.3. The minimum atomic E-state index is -4.71. The smallest absolute Gasteiger partial charge is 0.507 e. The average Bonchev–Trinajstić information content (AvgIpc) is 2.60. The molecule has 0 bridgehead atoms. The standard InChI is InChI=1S/C19H21F3N2O2/c1-13-3-2-4-16(18(13)25)17(24-11-9-23-10-12-24)14-5-7-15(8-6-14)26-19(20,21)22/h2-8,17,23,25H,9-12H2,1H3/t17-/m0/s1. The van der Waals surface area contributed by atoms with E-state index in [0.717, 1.165) is 42.9 Å². The van der Waals surface area contributed by atoms with E-state index in [-0.39, 0.29) is 17.5 Å². The van der Waals surface area contributed by atoms with Crippen molar-refractivity contribution in [2.45, 2.75) is 19.3 Å². The van der Waals surface area contributed by atoms with Crippen molar-refractivity contribution in [3.63, 3.8) is 0 Å². The van der Waals surface area contributed by atoms with Crippen LogP contribution in [0.3, 0.4) is 0 Å². The van der Waals surface area contributed by atoms with E-state index in [4.69, 9.17) is 0 Å². The summed E-state index contributed by atoms with van der Waals surface area (Å²) in [5.41, 5.74) is 2.32. The molecule has 1 heterocycles. The molecule has 3 rings (SSSR count). The summed E-state index contributed by atoms with van der Waals surface area (Å²) in [5.74, 6) is -0.0413. The van der Waals surface area contributed by atoms with Gasteiger partial charge in [-0.05, 0) is 30.2 Å². The zero-order valence-corrected chi connectivity index (χ0v) is 14.4. The van der Waals surface area contributed by atoms with E-state index in [9.17, 15) is 18.3 Å². The summed E-state index contributed by atoms with van der Waals surface area (Å²) in [6.07, 6.45) is -4.71. The number of phenolic OH excluding ortho intramolecular Hbond substituents is 1. The van der Waals surface area contributed by atoms with Crippen LogP contribution in [-0.2, 0) is 0 Å². The van der Waals surface area contributed by atoms with Crippen molar-refractivity contribution in [3.8, 4) is 11.5 Å². The summed E-state index contributed by atoms with van der Waals surface area (Å²) in [6, 6.07) is 11.2. The van der Waals surface area contributed by atoms with Gasteiger partial charge >= 0.3 is 6.36 Å². The van der Waals surface area contributed by atoms with Gasteiger partial charge in [0.05, 0.1) is 6.04 Å². The maximum Gasteiger partial charge on any atom is 0.573 e. The number of rotatable bonds is 4. The number of aromatic hydroxyl groups is 1. The van der Waals surface area contributed by atoms with Gasteiger partial charge in [-0.1, -0.05) is 30.3 Å². The normalized spacial score (nSPS) is 17.1. The van der Waals surface area contributed by atoms with E-state index in [1.165, 1.54) is 12.1 Å². The first-order valence-corrected chi connectivity index (χ1v) is 8.44. The third kappa shape index (κ3) is 4.28. The summed E-state index contributed by atoms with van der Waals surface area (Å²) in [6.45, 7) is 5.02. The second-order valence-corrected chi connectivity index (χ2v) is 6.32. The number of nitrogens with zero attached hydrogens (tertiary/aromatic N) is 1. The molecule has 1 saturated heterocycles. The van der Waals surface area contributed by atoms with Gasteiger partial charge in [-0.3, -0.25) is 4.90 Å². The number of phenols is 1. The highest BCUT2D eigenvalue weighted by atomic mass is 19.4. The number of nitrogens with one attached hydrogen (secondary N) is 1. The molecule has 0 aromatic heterocycles. The van der Waals surface area contributed by atoms with E-state index in [0.29, 0.717) is 0 Å². The molecule has 26 heavy (non-hydrogen) atoms. The maximum atomic E-state index is 12.4. The lowest BCUT2D eigenvalue weighted by Gasteiger charge is -2.36. The Hall–Kier alpha value is -2.25. The van der Waals surface area contributed by atoms with Gasteiger partial charge in [0.15, 0.2) is 0 Å². The summed E-state index contributed by atoms with van der Waals surface area (Å²) in [5, 5.41) is 13.8. The van der Waals surface area contributed by atoms with E-state index in [1.54, 1.807) is 12.1 Å². The molecule has 1 fully saturated rings. The van der Waals surface area contributed by atoms with Crippen molar-refractivity contribution < 1.29 is 23.0 Å². The molecule has 0 saturated carbocycles. The molecule has 0 aliphatic carbocycles. The number of halogens is 3. The number of piperazine rings is 1. The maximum absolute atomic E-state index is 12.4. The lowest BCUT2D eigenvalue weighted by atomic mass is 9.94. The Labute approximate surface area is 150 Å². The predicted molar refractivity (Wildman–Crippen MR) is 92.3 cm³/mol. The summed E-state index contributed by atoms with van der Waals surface area (Å²) in [7, 11) is 0. The number of alkyl halides is 3. The van der Waals surface area contributed by atoms with Gasteiger partial charge in [-0.25, -0.2) is 0 Å². The average molecular weight is 366 g/mol. The fourth-order valence-electron chi connectivity index (χ4n) is 3.28. The number of hydrogen-bond donors (Lipinski definition) is 2. The number of hydrogen-bond acceptors (Lipinski definition) is 4. The molecule has 7 heteroatoms. The van der Waals surface area contributed by atoms with E-state index in [1.807, 2.05) is 25.1 Å². The van der Waals surface area contributed by atoms with E-state index >= 15 is 0 Å². The van der Waals surface area contributed by atoms with Crippen LogP contribution in [0, 0.1) is 6.92 Å². The van der Waals surface area contributed by atoms with Crippen LogP contribution in [0.25, 0.3) is 0 Å². The highest BCUT2D eigenvalue weighted by Gasteiger charge is 2.31. The topological polar surface area (TPSA) is 44.7 Å². The monoisotopic (exact) mass is 366 g/mol. The minimum absolute atomic E-state index is 0.214. The second kappa shape index (κ2) is 7.55. The van der Waals surface area contributed by atoms with Gasteiger partial charge in [0.25, 0.3) is 0 Å². The molecule has 1 aliphatic rings. The zero-order chi connectivity index (χ0) is 18.7. The lowest BCUT2D eigenvalue weighted by Crippen LogP contribution is -2.45. The summed E-state index contributed by atoms with van der Waals surface area (Å²) in [4.78, 5) is 2.21. The predicted octanol–water partition coefficient (Wildman–Crippen LogP) is 3.59. The molecule has 1 aliphatic heterocycles. The first-order valence-electron chi connectivity index (χ1n) is 8.44. The summed E-state index contributed by atoms with van der Waals surface area (Å²) < 4.78 is 41.1. The SMILES string of the molecule is Cc1cccc([C@H](c2ccc(OC(F)(F)F)cc2)N2CCNCC2)c1O. The van der Waals surface area contributed by atoms with Crippen molar-refractivity contribution in [2.24, 2.45) is 0 Å². The number of benzene rings is 2. The van der Waals surface area contributed by atoms with Crippen molar-refractivity contribution in [1.29, 1.82) is 0 Å². The molecule has 2 aromatic carbocycles. The first kappa shape index (κ1) is 18.5. The molecule has 2 aromatic rings. The highest BCUT2D eigenvalue weighted by Crippen LogP contribution is 2.37. The Morgan fingerprint density at radius 3 is 2.35 bits per heavy atom. The fourth-order valence-corrected chi connectivity index (χ4v) is 3.28. The third-order valence-electron chi connectivity index (χ3n) is 4.51. The molecule has 0 amide bonds. The van der Waals surface area contributed by atoms with Crippen LogP contribution in [0.4, 0.5) is 13.2 Å². The highest BCUT2D eigenvalue weighted by molar-refractivity contribution is 5.46. The molecule has 0 radical (unpaired) electrons. The molecule has 2 N–H and O–H groups in total. The number of aryl methyl sites for hydroxylation is 1.